The molecular formula is C19H14Cl3N5O. The van der Waals surface area contributed by atoms with Gasteiger partial charge in [-0.1, -0.05) is 47.8 Å². The highest BCUT2D eigenvalue weighted by atomic mass is 35.5. The largest absolute Gasteiger partial charge is 0.284 e. The fourth-order valence-corrected chi connectivity index (χ4v) is 4.13. The third-order valence-electron chi connectivity index (χ3n) is 4.38. The molecule has 0 bridgehead atoms. The van der Waals surface area contributed by atoms with E-state index in [0.29, 0.717) is 56.1 Å². The predicted molar refractivity (Wildman–Crippen MR) is 111 cm³/mol. The van der Waals surface area contributed by atoms with Crippen molar-refractivity contribution in [3.05, 3.63) is 79.2 Å². The molecule has 0 saturated heterocycles. The monoisotopic (exact) mass is 433 g/mol. The molecule has 0 aliphatic rings. The maximum absolute atomic E-state index is 12.8. The zero-order valence-corrected chi connectivity index (χ0v) is 17.0. The molecule has 1 N–H and O–H groups in total. The van der Waals surface area contributed by atoms with E-state index in [2.05, 4.69) is 20.2 Å². The zero-order valence-electron chi connectivity index (χ0n) is 14.7. The minimum atomic E-state index is -0.350. The summed E-state index contributed by atoms with van der Waals surface area (Å²) >= 11 is 19.0. The summed E-state index contributed by atoms with van der Waals surface area (Å²) in [5, 5.41) is 8.78. The molecule has 0 aliphatic carbocycles. The molecule has 0 amide bonds. The summed E-state index contributed by atoms with van der Waals surface area (Å²) in [7, 11) is 0. The number of benzene rings is 1. The van der Waals surface area contributed by atoms with Gasteiger partial charge in [-0.2, -0.15) is 10.1 Å². The number of aromatic nitrogens is 5. The van der Waals surface area contributed by atoms with Crippen molar-refractivity contribution in [3.8, 4) is 5.69 Å². The van der Waals surface area contributed by atoms with Crippen LogP contribution in [0.1, 0.15) is 24.0 Å². The first-order chi connectivity index (χ1) is 13.5. The summed E-state index contributed by atoms with van der Waals surface area (Å²) in [5.74, 6) is 0.450. The van der Waals surface area contributed by atoms with E-state index in [-0.39, 0.29) is 5.56 Å². The lowest BCUT2D eigenvalue weighted by molar-refractivity contribution is 0.862. The average molecular weight is 435 g/mol. The van der Waals surface area contributed by atoms with Gasteiger partial charge in [-0.3, -0.25) is 19.4 Å². The van der Waals surface area contributed by atoms with Gasteiger partial charge in [0.1, 0.15) is 11.2 Å². The van der Waals surface area contributed by atoms with E-state index in [0.717, 1.165) is 5.56 Å². The molecule has 0 saturated carbocycles. The van der Waals surface area contributed by atoms with E-state index in [1.165, 1.54) is 0 Å². The van der Waals surface area contributed by atoms with E-state index in [1.807, 2.05) is 19.1 Å². The molecule has 0 fully saturated rings. The Hall–Kier alpha value is -2.41. The van der Waals surface area contributed by atoms with E-state index < -0.39 is 0 Å². The molecule has 4 rings (SSSR count). The van der Waals surface area contributed by atoms with Crippen LogP contribution in [-0.2, 0) is 12.8 Å². The van der Waals surface area contributed by atoms with E-state index >= 15 is 0 Å². The Bertz CT molecular complexity index is 1210. The van der Waals surface area contributed by atoms with Gasteiger partial charge in [0.15, 0.2) is 5.65 Å². The van der Waals surface area contributed by atoms with Gasteiger partial charge in [-0.25, -0.2) is 0 Å². The number of nitrogens with zero attached hydrogens (tertiary/aromatic N) is 4. The lowest BCUT2D eigenvalue weighted by atomic mass is 10.1. The lowest BCUT2D eigenvalue weighted by Gasteiger charge is -2.16. The highest BCUT2D eigenvalue weighted by molar-refractivity contribution is 6.40. The summed E-state index contributed by atoms with van der Waals surface area (Å²) in [6, 6.07) is 6.91. The number of halogens is 3. The molecule has 3 heterocycles. The fraction of sp³-hybridized carbons (Fsp3) is 0.158. The molecule has 9 heteroatoms. The molecule has 4 aromatic rings. The summed E-state index contributed by atoms with van der Waals surface area (Å²) < 4.78 is 1.71. The number of aromatic amines is 1. The van der Waals surface area contributed by atoms with Gasteiger partial charge in [-0.15, -0.1) is 0 Å². The maximum atomic E-state index is 12.8. The summed E-state index contributed by atoms with van der Waals surface area (Å²) in [4.78, 5) is 21.2. The SMILES string of the molecule is CCc1[nH]nc2c1c(=O)nc(Cc1cccnc1)n2-c1c(Cl)cc(Cl)cc1Cl. The first-order valence-corrected chi connectivity index (χ1v) is 9.65. The van der Waals surface area contributed by atoms with Crippen molar-refractivity contribution in [1.29, 1.82) is 0 Å². The highest BCUT2D eigenvalue weighted by Gasteiger charge is 2.21. The Kier molecular flexibility index (Phi) is 5.10. The van der Waals surface area contributed by atoms with Crippen LogP contribution < -0.4 is 5.56 Å². The third kappa shape index (κ3) is 3.28. The van der Waals surface area contributed by atoms with Gasteiger partial charge < -0.3 is 0 Å². The van der Waals surface area contributed by atoms with Crippen molar-refractivity contribution in [2.45, 2.75) is 19.8 Å². The fourth-order valence-electron chi connectivity index (χ4n) is 3.14. The zero-order chi connectivity index (χ0) is 19.8. The van der Waals surface area contributed by atoms with Crippen LogP contribution >= 0.6 is 34.8 Å². The topological polar surface area (TPSA) is 76.5 Å². The smallest absolute Gasteiger partial charge is 0.280 e. The molecule has 0 aliphatic heterocycles. The van der Waals surface area contributed by atoms with Crippen molar-refractivity contribution < 1.29 is 0 Å². The second-order valence-corrected chi connectivity index (χ2v) is 7.43. The second-order valence-electron chi connectivity index (χ2n) is 6.18. The van der Waals surface area contributed by atoms with Crippen LogP contribution in [0, 0.1) is 0 Å². The number of hydrogen-bond acceptors (Lipinski definition) is 4. The van der Waals surface area contributed by atoms with Crippen molar-refractivity contribution in [2.75, 3.05) is 0 Å². The quantitative estimate of drug-likeness (QED) is 0.508. The van der Waals surface area contributed by atoms with Crippen LogP contribution in [-0.4, -0.2) is 24.7 Å². The van der Waals surface area contributed by atoms with Gasteiger partial charge in [0, 0.05) is 23.8 Å². The molecule has 0 unspecified atom stereocenters. The highest BCUT2D eigenvalue weighted by Crippen LogP contribution is 2.34. The number of fused-ring (bicyclic) bond motifs is 1. The van der Waals surface area contributed by atoms with Crippen molar-refractivity contribution >= 4 is 45.8 Å². The van der Waals surface area contributed by atoms with Gasteiger partial charge in [0.25, 0.3) is 5.56 Å². The lowest BCUT2D eigenvalue weighted by Crippen LogP contribution is -2.19. The standard InChI is InChI=1S/C19H14Cl3N5O/c1-2-14-16-18(26-25-14)27(17-12(21)7-11(20)8-13(17)22)15(24-19(16)28)6-10-4-3-5-23-9-10/h3-5,7-9H,2,6H2,1H3,(H,25,26). The minimum Gasteiger partial charge on any atom is -0.280 e. The first kappa shape index (κ1) is 18.9. The van der Waals surface area contributed by atoms with Crippen LogP contribution in [0.5, 0.6) is 0 Å². The Labute approximate surface area is 175 Å². The van der Waals surface area contributed by atoms with Gasteiger partial charge in [0.05, 0.1) is 21.4 Å². The Morgan fingerprint density at radius 1 is 1.18 bits per heavy atom. The molecule has 0 atom stereocenters. The summed E-state index contributed by atoms with van der Waals surface area (Å²) in [5.41, 5.74) is 2.13. The summed E-state index contributed by atoms with van der Waals surface area (Å²) in [6.45, 7) is 1.93. The molecule has 0 spiro atoms. The molecule has 6 nitrogen and oxygen atoms in total. The van der Waals surface area contributed by atoms with Gasteiger partial charge in [0.2, 0.25) is 0 Å². The number of aryl methyl sites for hydroxylation is 1. The van der Waals surface area contributed by atoms with Gasteiger partial charge >= 0.3 is 0 Å². The Balaban J connectivity index is 2.07. The van der Waals surface area contributed by atoms with Crippen molar-refractivity contribution in [3.63, 3.8) is 0 Å². The van der Waals surface area contributed by atoms with E-state index in [4.69, 9.17) is 34.8 Å². The summed E-state index contributed by atoms with van der Waals surface area (Å²) in [6.07, 6.45) is 4.36. The maximum Gasteiger partial charge on any atom is 0.284 e. The molecule has 0 radical (unpaired) electrons. The average Bonchev–Trinajstić information content (AvgIpc) is 3.09. The minimum absolute atomic E-state index is 0.331. The van der Waals surface area contributed by atoms with E-state index in [1.54, 1.807) is 29.1 Å². The Morgan fingerprint density at radius 3 is 2.57 bits per heavy atom. The number of nitrogens with one attached hydrogen (secondary N) is 1. The van der Waals surface area contributed by atoms with Crippen LogP contribution in [0.25, 0.3) is 16.7 Å². The predicted octanol–water partition coefficient (Wildman–Crippen LogP) is 4.62. The van der Waals surface area contributed by atoms with Crippen LogP contribution in [0.15, 0.2) is 41.5 Å². The number of H-pyrrole nitrogens is 1. The van der Waals surface area contributed by atoms with E-state index in [9.17, 15) is 4.79 Å². The van der Waals surface area contributed by atoms with Crippen molar-refractivity contribution in [1.82, 2.24) is 24.7 Å². The molecule has 3 aromatic heterocycles. The number of hydrogen-bond donors (Lipinski definition) is 1. The second kappa shape index (κ2) is 7.54. The van der Waals surface area contributed by atoms with Gasteiger partial charge in [-0.05, 0) is 30.2 Å². The third-order valence-corrected chi connectivity index (χ3v) is 5.17. The first-order valence-electron chi connectivity index (χ1n) is 8.52. The molecular weight excluding hydrogens is 421 g/mol. The van der Waals surface area contributed by atoms with Crippen molar-refractivity contribution in [2.24, 2.45) is 0 Å². The number of pyridine rings is 1. The van der Waals surface area contributed by atoms with Crippen LogP contribution in [0.2, 0.25) is 15.1 Å². The molecule has 142 valence electrons. The van der Waals surface area contributed by atoms with Crippen LogP contribution in [0.3, 0.4) is 0 Å². The molecule has 1 aromatic carbocycles. The number of rotatable bonds is 4. The molecule has 28 heavy (non-hydrogen) atoms. The normalized spacial score (nSPS) is 11.3. The van der Waals surface area contributed by atoms with Crippen LogP contribution in [0.4, 0.5) is 0 Å². The Morgan fingerprint density at radius 2 is 1.93 bits per heavy atom.